The summed E-state index contributed by atoms with van der Waals surface area (Å²) < 4.78 is 40.3. The van der Waals surface area contributed by atoms with Gasteiger partial charge in [0.25, 0.3) is 0 Å². The zero-order valence-electron chi connectivity index (χ0n) is 11.5. The van der Waals surface area contributed by atoms with Crippen LogP contribution in [-0.2, 0) is 14.8 Å². The number of halogens is 1. The Morgan fingerprint density at radius 3 is 2.43 bits per heavy atom. The van der Waals surface area contributed by atoms with Gasteiger partial charge in [0, 0.05) is 17.5 Å². The van der Waals surface area contributed by atoms with Gasteiger partial charge in [-0.05, 0) is 32.0 Å². The van der Waals surface area contributed by atoms with Crippen molar-refractivity contribution in [3.05, 3.63) is 29.6 Å². The molecule has 1 aromatic rings. The smallest absolute Gasteiger partial charge is 0.241 e. The fraction of sp³-hybridized carbons (Fsp3) is 0.333. The van der Waals surface area contributed by atoms with E-state index in [4.69, 9.17) is 11.5 Å². The number of amides is 1. The molecule has 0 aliphatic carbocycles. The summed E-state index contributed by atoms with van der Waals surface area (Å²) in [5, 5.41) is 0. The molecule has 0 unspecified atom stereocenters. The number of nitrogens with two attached hydrogens (primary N) is 2. The number of carbonyl (C=O) groups excluding carboxylic acids is 1. The Morgan fingerprint density at radius 2 is 1.95 bits per heavy atom. The summed E-state index contributed by atoms with van der Waals surface area (Å²) >= 11 is 4.66. The Bertz CT molecular complexity index is 687. The third-order valence-electron chi connectivity index (χ3n) is 2.54. The second-order valence-electron chi connectivity index (χ2n) is 5.14. The first-order chi connectivity index (χ1) is 9.44. The summed E-state index contributed by atoms with van der Waals surface area (Å²) in [5.41, 5.74) is 9.15. The van der Waals surface area contributed by atoms with E-state index < -0.39 is 27.3 Å². The maximum absolute atomic E-state index is 13.5. The highest BCUT2D eigenvalue weighted by molar-refractivity contribution is 7.89. The van der Waals surface area contributed by atoms with E-state index in [1.54, 1.807) is 0 Å². The van der Waals surface area contributed by atoms with Crippen molar-refractivity contribution in [2.24, 2.45) is 11.5 Å². The van der Waals surface area contributed by atoms with E-state index in [1.807, 2.05) is 0 Å². The molecule has 9 heteroatoms. The first-order valence-electron chi connectivity index (χ1n) is 5.86. The lowest BCUT2D eigenvalue weighted by Gasteiger charge is -2.24. The van der Waals surface area contributed by atoms with Crippen molar-refractivity contribution in [3.63, 3.8) is 0 Å². The van der Waals surface area contributed by atoms with Crippen LogP contribution in [0.1, 0.15) is 25.8 Å². The van der Waals surface area contributed by atoms with Crippen LogP contribution in [0.5, 0.6) is 0 Å². The first kappa shape index (κ1) is 17.5. The number of rotatable bonds is 6. The fourth-order valence-electron chi connectivity index (χ4n) is 1.75. The Labute approximate surface area is 127 Å². The Morgan fingerprint density at radius 1 is 1.38 bits per heavy atom. The number of carbonyl (C=O) groups is 1. The van der Waals surface area contributed by atoms with Crippen LogP contribution in [0.25, 0.3) is 0 Å². The van der Waals surface area contributed by atoms with E-state index in [0.717, 1.165) is 18.2 Å². The molecule has 1 rings (SSSR count). The number of hydrogen-bond donors (Lipinski definition) is 3. The minimum atomic E-state index is -3.98. The van der Waals surface area contributed by atoms with E-state index in [0.29, 0.717) is 0 Å². The third-order valence-corrected chi connectivity index (χ3v) is 4.46. The number of benzene rings is 1. The predicted molar refractivity (Wildman–Crippen MR) is 80.5 cm³/mol. The number of hydrogen-bond acceptors (Lipinski definition) is 4. The molecule has 0 aliphatic rings. The average Bonchev–Trinajstić information content (AvgIpc) is 2.24. The summed E-state index contributed by atoms with van der Waals surface area (Å²) in [6.45, 7) is 3.01. The van der Waals surface area contributed by atoms with E-state index >= 15 is 0 Å². The molecule has 21 heavy (non-hydrogen) atoms. The van der Waals surface area contributed by atoms with Crippen LogP contribution in [-0.4, -0.2) is 24.9 Å². The van der Waals surface area contributed by atoms with Gasteiger partial charge in [-0.15, -0.1) is 0 Å². The summed E-state index contributed by atoms with van der Waals surface area (Å²) in [6.07, 6.45) is -0.185. The average molecular weight is 333 g/mol. The molecule has 0 atom stereocenters. The second-order valence-corrected chi connectivity index (χ2v) is 7.26. The van der Waals surface area contributed by atoms with Gasteiger partial charge in [0.1, 0.15) is 10.8 Å². The van der Waals surface area contributed by atoms with Crippen LogP contribution in [0.4, 0.5) is 4.39 Å². The van der Waals surface area contributed by atoms with Gasteiger partial charge in [0.2, 0.25) is 15.9 Å². The number of sulfonamides is 1. The molecule has 0 aliphatic heterocycles. The molecule has 5 N–H and O–H groups in total. The van der Waals surface area contributed by atoms with Gasteiger partial charge in [0.05, 0.1) is 4.90 Å². The zero-order chi connectivity index (χ0) is 16.4. The Kier molecular flexibility index (Phi) is 5.03. The number of primary amides is 1. The van der Waals surface area contributed by atoms with Gasteiger partial charge >= 0.3 is 0 Å². The normalized spacial score (nSPS) is 12.1. The largest absolute Gasteiger partial charge is 0.389 e. The van der Waals surface area contributed by atoms with Crippen molar-refractivity contribution >= 4 is 33.1 Å². The van der Waals surface area contributed by atoms with Gasteiger partial charge in [-0.25, -0.2) is 17.5 Å². The van der Waals surface area contributed by atoms with E-state index in [-0.39, 0.29) is 21.9 Å². The van der Waals surface area contributed by atoms with Gasteiger partial charge < -0.3 is 11.5 Å². The van der Waals surface area contributed by atoms with E-state index in [1.165, 1.54) is 13.8 Å². The van der Waals surface area contributed by atoms with Gasteiger partial charge in [-0.3, -0.25) is 4.79 Å². The molecular formula is C12H16FN3O3S2. The molecule has 0 aromatic heterocycles. The van der Waals surface area contributed by atoms with Gasteiger partial charge in [0.15, 0.2) is 0 Å². The quantitative estimate of drug-likeness (QED) is 0.652. The van der Waals surface area contributed by atoms with E-state index in [2.05, 4.69) is 16.9 Å². The van der Waals surface area contributed by atoms with Crippen molar-refractivity contribution in [2.75, 3.05) is 0 Å². The van der Waals surface area contributed by atoms with Crippen molar-refractivity contribution in [3.8, 4) is 0 Å². The molecule has 0 fully saturated rings. The number of nitrogens with one attached hydrogen (secondary N) is 1. The van der Waals surface area contributed by atoms with Crippen LogP contribution in [0.15, 0.2) is 23.1 Å². The highest BCUT2D eigenvalue weighted by atomic mass is 32.2. The minimum absolute atomic E-state index is 0.166. The predicted octanol–water partition coefficient (Wildman–Crippen LogP) is 0.392. The Hall–Kier alpha value is -1.58. The standard InChI is InChI=1S/C12H16FN3O3S2/c1-12(2,6-10(14)17)16-21(18,19)7-3-4-9(13)8(5-7)11(15)20/h3-5,16H,6H2,1-2H3,(H2,14,17)(H2,15,20). The summed E-state index contributed by atoms with van der Waals surface area (Å²) in [6, 6.07) is 3.09. The monoisotopic (exact) mass is 333 g/mol. The maximum atomic E-state index is 13.5. The van der Waals surface area contributed by atoms with Crippen LogP contribution >= 0.6 is 12.2 Å². The molecule has 0 spiro atoms. The lowest BCUT2D eigenvalue weighted by molar-refractivity contribution is -0.119. The SMILES string of the molecule is CC(C)(CC(N)=O)NS(=O)(=O)c1ccc(F)c(C(N)=S)c1. The van der Waals surface area contributed by atoms with Gasteiger partial charge in [-0.1, -0.05) is 12.2 Å². The molecule has 0 saturated heterocycles. The van der Waals surface area contributed by atoms with Crippen molar-refractivity contribution in [1.82, 2.24) is 4.72 Å². The molecule has 0 bridgehead atoms. The lowest BCUT2D eigenvalue weighted by Crippen LogP contribution is -2.45. The minimum Gasteiger partial charge on any atom is -0.389 e. The van der Waals surface area contributed by atoms with Crippen molar-refractivity contribution in [2.45, 2.75) is 30.7 Å². The third kappa shape index (κ3) is 4.73. The summed E-state index contributed by atoms with van der Waals surface area (Å²) in [5.74, 6) is -1.36. The fourth-order valence-corrected chi connectivity index (χ4v) is 3.35. The molecule has 0 heterocycles. The highest BCUT2D eigenvalue weighted by Gasteiger charge is 2.28. The van der Waals surface area contributed by atoms with Crippen LogP contribution in [0.2, 0.25) is 0 Å². The van der Waals surface area contributed by atoms with Gasteiger partial charge in [-0.2, -0.15) is 0 Å². The molecule has 1 aromatic carbocycles. The molecule has 0 radical (unpaired) electrons. The molecular weight excluding hydrogens is 317 g/mol. The molecule has 1 amide bonds. The zero-order valence-corrected chi connectivity index (χ0v) is 13.1. The summed E-state index contributed by atoms with van der Waals surface area (Å²) in [7, 11) is -3.98. The second kappa shape index (κ2) is 6.04. The van der Waals surface area contributed by atoms with E-state index in [9.17, 15) is 17.6 Å². The highest BCUT2D eigenvalue weighted by Crippen LogP contribution is 2.18. The Balaban J connectivity index is 3.17. The van der Waals surface area contributed by atoms with Crippen molar-refractivity contribution in [1.29, 1.82) is 0 Å². The topological polar surface area (TPSA) is 115 Å². The van der Waals surface area contributed by atoms with Crippen LogP contribution in [0.3, 0.4) is 0 Å². The summed E-state index contributed by atoms with van der Waals surface area (Å²) in [4.78, 5) is 10.5. The number of thiocarbonyl (C=S) groups is 1. The maximum Gasteiger partial charge on any atom is 0.241 e. The van der Waals surface area contributed by atoms with Crippen LogP contribution < -0.4 is 16.2 Å². The first-order valence-corrected chi connectivity index (χ1v) is 7.75. The molecule has 116 valence electrons. The molecule has 6 nitrogen and oxygen atoms in total. The molecule has 0 saturated carbocycles. The van der Waals surface area contributed by atoms with Crippen molar-refractivity contribution < 1.29 is 17.6 Å². The van der Waals surface area contributed by atoms with Crippen LogP contribution in [0, 0.1) is 5.82 Å². The lowest BCUT2D eigenvalue weighted by atomic mass is 10.0.